The molecular weight excluding hydrogens is 412 g/mol. The summed E-state index contributed by atoms with van der Waals surface area (Å²) in [5, 5.41) is 3.81. The lowest BCUT2D eigenvalue weighted by Crippen LogP contribution is -2.42. The van der Waals surface area contributed by atoms with Crippen molar-refractivity contribution in [1.82, 2.24) is 20.3 Å². The van der Waals surface area contributed by atoms with E-state index in [0.717, 1.165) is 57.2 Å². The normalized spacial score (nSPS) is 18.1. The van der Waals surface area contributed by atoms with Crippen LogP contribution in [-0.4, -0.2) is 48.0 Å². The molecule has 0 radical (unpaired) electrons. The molecule has 1 aliphatic carbocycles. The van der Waals surface area contributed by atoms with Gasteiger partial charge >= 0.3 is 0 Å². The van der Waals surface area contributed by atoms with Crippen LogP contribution in [0, 0.1) is 0 Å². The van der Waals surface area contributed by atoms with Crippen LogP contribution in [0.5, 0.6) is 0 Å². The van der Waals surface area contributed by atoms with Crippen LogP contribution in [0.4, 0.5) is 11.9 Å². The predicted octanol–water partition coefficient (Wildman–Crippen LogP) is 3.71. The summed E-state index contributed by atoms with van der Waals surface area (Å²) in [5.41, 5.74) is 0.531. The maximum absolute atomic E-state index is 13.4. The van der Waals surface area contributed by atoms with E-state index in [1.807, 2.05) is 43.3 Å². The number of halogens is 1. The number of carbonyl (C=O) groups is 1. The van der Waals surface area contributed by atoms with E-state index in [1.54, 1.807) is 0 Å². The number of rotatable bonds is 6. The molecule has 0 spiro atoms. The Hall–Kier alpha value is -2.41. The molecule has 2 fully saturated rings. The van der Waals surface area contributed by atoms with E-state index in [1.165, 1.54) is 6.42 Å². The first kappa shape index (κ1) is 21.8. The van der Waals surface area contributed by atoms with Gasteiger partial charge in [0.2, 0.25) is 17.8 Å². The molecule has 2 aliphatic rings. The van der Waals surface area contributed by atoms with Crippen molar-refractivity contribution >= 4 is 29.4 Å². The van der Waals surface area contributed by atoms with Gasteiger partial charge in [-0.2, -0.15) is 15.0 Å². The van der Waals surface area contributed by atoms with Crippen LogP contribution in [0.3, 0.4) is 0 Å². The maximum atomic E-state index is 13.4. The van der Waals surface area contributed by atoms with Crippen LogP contribution in [0.25, 0.3) is 0 Å². The minimum atomic E-state index is -0.502. The average Bonchev–Trinajstić information content (AvgIpc) is 3.29. The van der Waals surface area contributed by atoms with E-state index in [9.17, 15) is 4.79 Å². The molecule has 0 unspecified atom stereocenters. The number of carbonyl (C=O) groups excluding carboxylic acids is 1. The summed E-state index contributed by atoms with van der Waals surface area (Å²) < 4.78 is 0. The highest BCUT2D eigenvalue weighted by Crippen LogP contribution is 2.41. The minimum absolute atomic E-state index is 0.0404. The van der Waals surface area contributed by atoms with Gasteiger partial charge in [0.1, 0.15) is 0 Å². The van der Waals surface area contributed by atoms with Gasteiger partial charge in [-0.3, -0.25) is 4.79 Å². The summed E-state index contributed by atoms with van der Waals surface area (Å²) in [6.07, 6.45) is 7.34. The zero-order chi connectivity index (χ0) is 21.8. The smallest absolute Gasteiger partial charge is 0.231 e. The number of nitrogens with zero attached hydrogens (tertiary/aromatic N) is 5. The molecule has 1 saturated carbocycles. The number of hydrogen-bond acceptors (Lipinski definition) is 6. The Labute approximate surface area is 189 Å². The average molecular weight is 443 g/mol. The molecule has 2 heterocycles. The van der Waals surface area contributed by atoms with E-state index >= 15 is 0 Å². The van der Waals surface area contributed by atoms with Crippen LogP contribution < -0.4 is 15.1 Å². The van der Waals surface area contributed by atoms with Gasteiger partial charge < -0.3 is 15.1 Å². The van der Waals surface area contributed by atoms with Gasteiger partial charge in [0.25, 0.3) is 0 Å². The quantitative estimate of drug-likeness (QED) is 0.735. The number of aromatic nitrogens is 3. The second kappa shape index (κ2) is 9.39. The van der Waals surface area contributed by atoms with Gasteiger partial charge in [0, 0.05) is 32.2 Å². The standard InChI is InChI=1S/C23H31ClN6O/c1-29(2)21-26-19(27-22(28-21)30-14-6-3-7-15-30)16-25-20(31)23(12-4-5-13-23)17-8-10-18(24)11-9-17/h8-11H,3-7,12-16H2,1-2H3,(H,25,31). The van der Waals surface area contributed by atoms with Crippen molar-refractivity contribution in [3.8, 4) is 0 Å². The van der Waals surface area contributed by atoms with Crippen molar-refractivity contribution in [3.63, 3.8) is 0 Å². The van der Waals surface area contributed by atoms with Crippen LogP contribution in [0.1, 0.15) is 56.3 Å². The van der Waals surface area contributed by atoms with Crippen LogP contribution >= 0.6 is 11.6 Å². The molecule has 0 atom stereocenters. The van der Waals surface area contributed by atoms with E-state index in [4.69, 9.17) is 11.6 Å². The molecule has 1 saturated heterocycles. The first-order chi connectivity index (χ1) is 15.0. The molecule has 1 aliphatic heterocycles. The molecule has 7 nitrogen and oxygen atoms in total. The second-order valence-electron chi connectivity index (χ2n) is 8.77. The largest absolute Gasteiger partial charge is 0.348 e. The van der Waals surface area contributed by atoms with E-state index in [-0.39, 0.29) is 5.91 Å². The van der Waals surface area contributed by atoms with Crippen molar-refractivity contribution in [2.24, 2.45) is 0 Å². The molecule has 166 valence electrons. The van der Waals surface area contributed by atoms with Crippen molar-refractivity contribution in [3.05, 3.63) is 40.7 Å². The number of benzene rings is 1. The number of amides is 1. The third kappa shape index (κ3) is 4.76. The summed E-state index contributed by atoms with van der Waals surface area (Å²) in [6.45, 7) is 2.21. The van der Waals surface area contributed by atoms with Gasteiger partial charge in [0.15, 0.2) is 5.82 Å². The SMILES string of the molecule is CN(C)c1nc(CNC(=O)C2(c3ccc(Cl)cc3)CCCC2)nc(N2CCCCC2)n1. The summed E-state index contributed by atoms with van der Waals surface area (Å²) in [5.74, 6) is 1.96. The number of hydrogen-bond donors (Lipinski definition) is 1. The van der Waals surface area contributed by atoms with Crippen LogP contribution in [-0.2, 0) is 16.8 Å². The van der Waals surface area contributed by atoms with E-state index in [0.29, 0.717) is 29.3 Å². The highest BCUT2D eigenvalue weighted by atomic mass is 35.5. The number of anilines is 2. The molecular formula is C23H31ClN6O. The lowest BCUT2D eigenvalue weighted by molar-refractivity contribution is -0.126. The predicted molar refractivity (Wildman–Crippen MR) is 124 cm³/mol. The van der Waals surface area contributed by atoms with Crippen molar-refractivity contribution in [1.29, 1.82) is 0 Å². The zero-order valence-corrected chi connectivity index (χ0v) is 19.2. The third-order valence-corrected chi connectivity index (χ3v) is 6.64. The third-order valence-electron chi connectivity index (χ3n) is 6.39. The monoisotopic (exact) mass is 442 g/mol. The molecule has 1 aromatic carbocycles. The zero-order valence-electron chi connectivity index (χ0n) is 18.4. The highest BCUT2D eigenvalue weighted by molar-refractivity contribution is 6.30. The molecule has 31 heavy (non-hydrogen) atoms. The van der Waals surface area contributed by atoms with Crippen LogP contribution in [0.2, 0.25) is 5.02 Å². The second-order valence-corrected chi connectivity index (χ2v) is 9.21. The fourth-order valence-corrected chi connectivity index (χ4v) is 4.76. The molecule has 4 rings (SSSR count). The molecule has 1 aromatic heterocycles. The van der Waals surface area contributed by atoms with Crippen molar-refractivity contribution in [2.45, 2.75) is 56.9 Å². The topological polar surface area (TPSA) is 74.2 Å². The summed E-state index contributed by atoms with van der Waals surface area (Å²) in [7, 11) is 3.84. The Morgan fingerprint density at radius 3 is 2.35 bits per heavy atom. The fourth-order valence-electron chi connectivity index (χ4n) is 4.63. The van der Waals surface area contributed by atoms with E-state index in [2.05, 4.69) is 25.2 Å². The summed E-state index contributed by atoms with van der Waals surface area (Å²) in [4.78, 5) is 31.4. The minimum Gasteiger partial charge on any atom is -0.348 e. The lowest BCUT2D eigenvalue weighted by atomic mass is 9.78. The number of piperidine rings is 1. The Morgan fingerprint density at radius 1 is 1.03 bits per heavy atom. The molecule has 1 N–H and O–H groups in total. The first-order valence-electron chi connectivity index (χ1n) is 11.2. The van der Waals surface area contributed by atoms with Crippen LogP contribution in [0.15, 0.2) is 24.3 Å². The molecule has 1 amide bonds. The Morgan fingerprint density at radius 2 is 1.71 bits per heavy atom. The molecule has 2 aromatic rings. The van der Waals surface area contributed by atoms with Crippen molar-refractivity contribution < 1.29 is 4.79 Å². The van der Waals surface area contributed by atoms with Crippen molar-refractivity contribution in [2.75, 3.05) is 37.0 Å². The van der Waals surface area contributed by atoms with Gasteiger partial charge in [-0.05, 0) is 49.8 Å². The van der Waals surface area contributed by atoms with E-state index < -0.39 is 5.41 Å². The first-order valence-corrected chi connectivity index (χ1v) is 11.6. The Kier molecular flexibility index (Phi) is 6.60. The molecule has 0 bridgehead atoms. The highest BCUT2D eigenvalue weighted by Gasteiger charge is 2.42. The maximum Gasteiger partial charge on any atom is 0.231 e. The van der Waals surface area contributed by atoms with Gasteiger partial charge in [-0.1, -0.05) is 36.6 Å². The summed E-state index contributed by atoms with van der Waals surface area (Å²) in [6, 6.07) is 7.69. The fraction of sp³-hybridized carbons (Fsp3) is 0.565. The lowest BCUT2D eigenvalue weighted by Gasteiger charge is -2.29. The Balaban J connectivity index is 1.53. The number of nitrogens with one attached hydrogen (secondary N) is 1. The summed E-state index contributed by atoms with van der Waals surface area (Å²) >= 11 is 6.07. The van der Waals surface area contributed by atoms with Gasteiger partial charge in [0.05, 0.1) is 12.0 Å². The van der Waals surface area contributed by atoms with Gasteiger partial charge in [-0.15, -0.1) is 0 Å². The molecule has 8 heteroatoms. The van der Waals surface area contributed by atoms with Gasteiger partial charge in [-0.25, -0.2) is 0 Å². The Bertz CT molecular complexity index is 905.